The van der Waals surface area contributed by atoms with Gasteiger partial charge in [-0.15, -0.1) is 0 Å². The summed E-state index contributed by atoms with van der Waals surface area (Å²) < 4.78 is 80.7. The van der Waals surface area contributed by atoms with E-state index in [4.69, 9.17) is 19.0 Å². The molecule has 4 aromatic rings. The summed E-state index contributed by atoms with van der Waals surface area (Å²) in [6.45, 7) is 2.32. The summed E-state index contributed by atoms with van der Waals surface area (Å²) in [5, 5.41) is 3.62. The van der Waals surface area contributed by atoms with Crippen molar-refractivity contribution in [2.45, 2.75) is 81.7 Å². The van der Waals surface area contributed by atoms with Crippen molar-refractivity contribution in [2.75, 3.05) is 44.3 Å². The van der Waals surface area contributed by atoms with Gasteiger partial charge in [0.1, 0.15) is 47.5 Å². The zero-order valence-electron chi connectivity index (χ0n) is 31.9. The van der Waals surface area contributed by atoms with Crippen molar-refractivity contribution >= 4 is 51.6 Å². The number of anilines is 1. The van der Waals surface area contributed by atoms with E-state index in [1.165, 1.54) is 30.5 Å². The number of nitrogens with zero attached hydrogens (tertiary/aromatic N) is 6. The quantitative estimate of drug-likeness (QED) is 0.114. The van der Waals surface area contributed by atoms with Gasteiger partial charge in [0.15, 0.2) is 5.82 Å². The van der Waals surface area contributed by atoms with Crippen LogP contribution in [-0.2, 0) is 25.6 Å². The van der Waals surface area contributed by atoms with E-state index in [2.05, 4.69) is 20.3 Å². The minimum atomic E-state index is -1.46. The van der Waals surface area contributed by atoms with Crippen molar-refractivity contribution in [3.63, 3.8) is 0 Å². The fourth-order valence-corrected chi connectivity index (χ4v) is 9.28. The zero-order valence-corrected chi connectivity index (χ0v) is 31.9. The third-order valence-corrected chi connectivity index (χ3v) is 11.8. The van der Waals surface area contributed by atoms with E-state index in [0.717, 1.165) is 6.42 Å². The molecule has 4 fully saturated rings. The second kappa shape index (κ2) is 14.8. The molecule has 6 bridgehead atoms. The Balaban J connectivity index is 1.20. The Hall–Kier alpha value is -5.85. The van der Waals surface area contributed by atoms with Crippen LogP contribution in [0.5, 0.6) is 11.8 Å². The number of aromatic nitrogens is 3. The van der Waals surface area contributed by atoms with Crippen molar-refractivity contribution in [3.05, 3.63) is 47.7 Å². The molecule has 0 radical (unpaired) electrons. The molecule has 59 heavy (non-hydrogen) atoms. The number of nitrogens with one attached hydrogen (secondary N) is 1. The molecule has 6 aliphatic heterocycles. The van der Waals surface area contributed by atoms with E-state index in [1.807, 2.05) is 4.90 Å². The fourth-order valence-electron chi connectivity index (χ4n) is 9.28. The lowest BCUT2D eigenvalue weighted by Gasteiger charge is -2.42. The van der Waals surface area contributed by atoms with Crippen LogP contribution in [-0.4, -0.2) is 112 Å². The number of carbonyl (C=O) groups excluding carboxylic acids is 4. The minimum Gasteiger partial charge on any atom is -0.461 e. The van der Waals surface area contributed by atoms with Gasteiger partial charge >= 0.3 is 18.3 Å². The first-order chi connectivity index (χ1) is 28.3. The molecular formula is C40H39F4N7O8. The van der Waals surface area contributed by atoms with Crippen LogP contribution in [0, 0.1) is 11.6 Å². The number of amides is 3. The van der Waals surface area contributed by atoms with Gasteiger partial charge in [0.05, 0.1) is 29.6 Å². The second-order valence-electron chi connectivity index (χ2n) is 16.1. The third-order valence-electron chi connectivity index (χ3n) is 11.8. The summed E-state index contributed by atoms with van der Waals surface area (Å²) in [7, 11) is 0. The Morgan fingerprint density at radius 1 is 1.02 bits per heavy atom. The maximum atomic E-state index is 17.5. The Kier molecular flexibility index (Phi) is 9.67. The monoisotopic (exact) mass is 821 g/mol. The zero-order chi connectivity index (χ0) is 41.2. The van der Waals surface area contributed by atoms with Gasteiger partial charge in [0.25, 0.3) is 11.8 Å². The smallest absolute Gasteiger partial charge is 0.461 e. The number of pyridine rings is 1. The van der Waals surface area contributed by atoms with Gasteiger partial charge in [-0.2, -0.15) is 9.97 Å². The number of imide groups is 1. The van der Waals surface area contributed by atoms with E-state index < -0.39 is 59.1 Å². The van der Waals surface area contributed by atoms with Crippen molar-refractivity contribution < 1.29 is 55.8 Å². The fraction of sp³-hybridized carbons (Fsp3) is 0.475. The van der Waals surface area contributed by atoms with Crippen molar-refractivity contribution in [1.29, 1.82) is 0 Å². The molecule has 0 spiro atoms. The first-order valence-electron chi connectivity index (χ1n) is 19.5. The number of fused-ring (bicyclic) bond motifs is 7. The summed E-state index contributed by atoms with van der Waals surface area (Å²) in [6.07, 6.45) is -1.92. The molecule has 1 N–H and O–H groups in total. The van der Waals surface area contributed by atoms with Crippen molar-refractivity contribution in [1.82, 2.24) is 30.2 Å². The number of piperidine rings is 1. The molecular weight excluding hydrogens is 782 g/mol. The molecule has 15 nitrogen and oxygen atoms in total. The molecule has 0 unspecified atom stereocenters. The van der Waals surface area contributed by atoms with Crippen LogP contribution >= 0.6 is 0 Å². The summed E-state index contributed by atoms with van der Waals surface area (Å²) in [5.74, 6) is -3.29. The highest BCUT2D eigenvalue weighted by atomic mass is 19.1. The molecule has 19 heteroatoms. The molecule has 4 saturated heterocycles. The minimum absolute atomic E-state index is 0.000489. The SMILES string of the molecule is C[C@@]12C[C@@H](F)CN(C1)c1nc(OC[C@@]34CCCN3C[C@H](F)C4)nc3c(F)c(ncc13)-c1cc(OC(=O)ON3C(=O)CCC3=O)cc3ccc(F)c(c13)CCCOC(=O)N2. The maximum absolute atomic E-state index is 17.5. The molecule has 2 aromatic carbocycles. The number of carbonyl (C=O) groups is 4. The number of aryl methyl sites for hydroxylation is 1. The highest BCUT2D eigenvalue weighted by molar-refractivity contribution is 6.03. The predicted octanol–water partition coefficient (Wildman–Crippen LogP) is 5.64. The number of alkyl carbamates (subject to hydrolysis) is 1. The average molecular weight is 822 g/mol. The number of rotatable bonds is 5. The van der Waals surface area contributed by atoms with E-state index >= 15 is 13.2 Å². The maximum Gasteiger partial charge on any atom is 0.539 e. The highest BCUT2D eigenvalue weighted by Crippen LogP contribution is 2.43. The molecule has 10 rings (SSSR count). The molecule has 4 atom stereocenters. The summed E-state index contributed by atoms with van der Waals surface area (Å²) in [5.41, 5.74) is -2.33. The van der Waals surface area contributed by atoms with Crippen LogP contribution < -0.4 is 19.7 Å². The van der Waals surface area contributed by atoms with Gasteiger partial charge in [0, 0.05) is 50.5 Å². The van der Waals surface area contributed by atoms with Gasteiger partial charge in [-0.05, 0) is 73.7 Å². The van der Waals surface area contributed by atoms with Crippen LogP contribution in [0.4, 0.5) is 33.0 Å². The number of benzene rings is 2. The Bertz CT molecular complexity index is 2410. The average Bonchev–Trinajstić information content (AvgIpc) is 3.82. The van der Waals surface area contributed by atoms with E-state index in [0.29, 0.717) is 18.0 Å². The Labute approximate surface area is 333 Å². The van der Waals surface area contributed by atoms with Gasteiger partial charge < -0.3 is 24.4 Å². The topological polar surface area (TPSA) is 166 Å². The van der Waals surface area contributed by atoms with Crippen molar-refractivity contribution in [2.24, 2.45) is 0 Å². The van der Waals surface area contributed by atoms with Gasteiger partial charge in [-0.1, -0.05) is 11.1 Å². The number of ether oxygens (including phenoxy) is 3. The van der Waals surface area contributed by atoms with Crippen molar-refractivity contribution in [3.8, 4) is 23.0 Å². The van der Waals surface area contributed by atoms with E-state index in [9.17, 15) is 23.6 Å². The largest absolute Gasteiger partial charge is 0.539 e. The summed E-state index contributed by atoms with van der Waals surface area (Å²) in [6, 6.07) is 4.91. The summed E-state index contributed by atoms with van der Waals surface area (Å²) >= 11 is 0. The van der Waals surface area contributed by atoms with Crippen LogP contribution in [0.2, 0.25) is 0 Å². The predicted molar refractivity (Wildman–Crippen MR) is 200 cm³/mol. The highest BCUT2D eigenvalue weighted by Gasteiger charge is 2.49. The number of alkyl halides is 2. The lowest BCUT2D eigenvalue weighted by molar-refractivity contribution is -0.174. The van der Waals surface area contributed by atoms with E-state index in [-0.39, 0.29) is 127 Å². The number of hydrogen-bond donors (Lipinski definition) is 1. The van der Waals surface area contributed by atoms with E-state index in [1.54, 1.807) is 11.8 Å². The molecule has 6 aliphatic rings. The first-order valence-corrected chi connectivity index (χ1v) is 19.5. The van der Waals surface area contributed by atoms with Crippen LogP contribution in [0.3, 0.4) is 0 Å². The molecule has 8 heterocycles. The second-order valence-corrected chi connectivity index (χ2v) is 16.1. The number of halogens is 4. The van der Waals surface area contributed by atoms with Gasteiger partial charge in [-0.25, -0.2) is 27.2 Å². The number of hydrogen-bond acceptors (Lipinski definition) is 13. The van der Waals surface area contributed by atoms with Crippen LogP contribution in [0.15, 0.2) is 30.5 Å². The Morgan fingerprint density at radius 3 is 2.63 bits per heavy atom. The Morgan fingerprint density at radius 2 is 1.81 bits per heavy atom. The molecule has 3 amide bonds. The molecule has 0 saturated carbocycles. The van der Waals surface area contributed by atoms with Crippen LogP contribution in [0.25, 0.3) is 32.9 Å². The molecule has 2 aromatic heterocycles. The van der Waals surface area contributed by atoms with Gasteiger partial charge in [0.2, 0.25) is 0 Å². The standard InChI is InChI=1S/C40H39F4N7O8/c1-39-14-22(41)17-49(19-39)35-27-16-45-33(32(44)34(27)46-36(47-35)57-20-40-9-3-10-50(40)18-23(42)15-40)26-13-24(58-38(55)59-51-29(52)7-8-30(51)53)12-21-5-6-28(43)25(31(21)26)4-2-11-56-37(54)48-39/h5-6,12-13,16,22-23H,2-4,7-11,14-15,17-20H2,1H3,(H,48,54)/t22-,23-,39-,40+/m1/s1. The lowest BCUT2D eigenvalue weighted by Crippen LogP contribution is -2.60. The van der Waals surface area contributed by atoms with Gasteiger partial charge in [-0.3, -0.25) is 24.3 Å². The number of hydroxylamine groups is 2. The summed E-state index contributed by atoms with van der Waals surface area (Å²) in [4.78, 5) is 72.3. The normalized spacial score (nSPS) is 26.0. The molecule has 310 valence electrons. The third kappa shape index (κ3) is 7.18. The van der Waals surface area contributed by atoms with Crippen LogP contribution in [0.1, 0.15) is 57.4 Å². The first kappa shape index (κ1) is 38.7. The lowest BCUT2D eigenvalue weighted by atomic mass is 9.90. The molecule has 0 aliphatic carbocycles.